The van der Waals surface area contributed by atoms with E-state index in [0.717, 1.165) is 17.5 Å². The fraction of sp³-hybridized carbons (Fsp3) is 0.484. The summed E-state index contributed by atoms with van der Waals surface area (Å²) >= 11 is 6.22. The number of carbonyl (C=O) groups is 3. The summed E-state index contributed by atoms with van der Waals surface area (Å²) in [7, 11) is 3.37. The van der Waals surface area contributed by atoms with Gasteiger partial charge in [-0.3, -0.25) is 14.4 Å². The van der Waals surface area contributed by atoms with Crippen LogP contribution < -0.4 is 11.1 Å². The van der Waals surface area contributed by atoms with Gasteiger partial charge in [-0.15, -0.1) is 0 Å². The van der Waals surface area contributed by atoms with E-state index in [-0.39, 0.29) is 25.0 Å². The lowest BCUT2D eigenvalue weighted by molar-refractivity contribution is -0.141. The summed E-state index contributed by atoms with van der Waals surface area (Å²) in [5.74, 6) is -0.623. The van der Waals surface area contributed by atoms with Crippen LogP contribution in [0.5, 0.6) is 0 Å². The van der Waals surface area contributed by atoms with Gasteiger partial charge in [-0.2, -0.15) is 0 Å². The van der Waals surface area contributed by atoms with Crippen molar-refractivity contribution in [1.82, 2.24) is 15.1 Å². The standard InChI is InChI=1S/C31H40ClN5O5/c1-20(33)27(38)34-26(21(2)41-18-22-10-6-5-7-11-22)29(39)37-15-9-14-25(37)28-35-31(19-42-28,30(40)36(3)4)17-23-12-8-13-24(32)16-23/h5-8,10-13,16,20-21,25-26H,9,14-15,17-19,33H2,1-4H3,(H,34,38)/t20-,21?,25?,26-,31+/m0/s1. The van der Waals surface area contributed by atoms with E-state index in [1.807, 2.05) is 48.5 Å². The van der Waals surface area contributed by atoms with Crippen LogP contribution in [0.15, 0.2) is 59.6 Å². The molecule has 0 aliphatic carbocycles. The Balaban J connectivity index is 1.58. The molecule has 0 bridgehead atoms. The summed E-state index contributed by atoms with van der Waals surface area (Å²) in [6.45, 7) is 4.09. The second-order valence-electron chi connectivity index (χ2n) is 11.2. The lowest BCUT2D eigenvalue weighted by atomic mass is 9.91. The molecule has 2 unspecified atom stereocenters. The number of carbonyl (C=O) groups excluding carboxylic acids is 3. The van der Waals surface area contributed by atoms with Crippen LogP contribution in [0.4, 0.5) is 0 Å². The van der Waals surface area contributed by atoms with Crippen molar-refractivity contribution in [3.05, 3.63) is 70.7 Å². The van der Waals surface area contributed by atoms with Gasteiger partial charge < -0.3 is 30.3 Å². The summed E-state index contributed by atoms with van der Waals surface area (Å²) < 4.78 is 12.2. The van der Waals surface area contributed by atoms with E-state index < -0.39 is 35.7 Å². The zero-order valence-electron chi connectivity index (χ0n) is 24.6. The van der Waals surface area contributed by atoms with Gasteiger partial charge in [0.25, 0.3) is 5.91 Å². The summed E-state index contributed by atoms with van der Waals surface area (Å²) in [5, 5.41) is 3.36. The maximum absolute atomic E-state index is 14.0. The quantitative estimate of drug-likeness (QED) is 0.410. The molecular formula is C31H40ClN5O5. The summed E-state index contributed by atoms with van der Waals surface area (Å²) in [5.41, 5.74) is 6.44. The maximum Gasteiger partial charge on any atom is 0.254 e. The molecule has 2 aromatic carbocycles. The minimum absolute atomic E-state index is 0.0475. The molecule has 10 nitrogen and oxygen atoms in total. The van der Waals surface area contributed by atoms with Crippen molar-refractivity contribution in [2.24, 2.45) is 10.7 Å². The normalized spacial score (nSPS) is 22.1. The Bertz CT molecular complexity index is 1300. The Morgan fingerprint density at radius 3 is 2.55 bits per heavy atom. The van der Waals surface area contributed by atoms with Gasteiger partial charge in [0.05, 0.1) is 18.8 Å². The summed E-state index contributed by atoms with van der Waals surface area (Å²) in [6.07, 6.45) is 0.979. The van der Waals surface area contributed by atoms with Crippen LogP contribution in [-0.2, 0) is 36.9 Å². The van der Waals surface area contributed by atoms with Crippen molar-refractivity contribution < 1.29 is 23.9 Å². The van der Waals surface area contributed by atoms with Gasteiger partial charge in [-0.05, 0) is 49.9 Å². The number of likely N-dealkylation sites (N-methyl/N-ethyl adjacent to an activating group) is 1. The number of benzene rings is 2. The summed E-state index contributed by atoms with van der Waals surface area (Å²) in [6, 6.07) is 14.7. The van der Waals surface area contributed by atoms with Crippen LogP contribution in [0.25, 0.3) is 0 Å². The number of halogens is 1. The highest BCUT2D eigenvalue weighted by atomic mass is 35.5. The number of hydrogen-bond donors (Lipinski definition) is 2. The molecule has 2 aliphatic heterocycles. The highest BCUT2D eigenvalue weighted by Crippen LogP contribution is 2.31. The van der Waals surface area contributed by atoms with Crippen molar-refractivity contribution in [2.75, 3.05) is 27.2 Å². The van der Waals surface area contributed by atoms with E-state index in [1.165, 1.54) is 4.90 Å². The molecule has 0 spiro atoms. The monoisotopic (exact) mass is 597 g/mol. The topological polar surface area (TPSA) is 127 Å². The van der Waals surface area contributed by atoms with Crippen LogP contribution >= 0.6 is 11.6 Å². The first-order chi connectivity index (χ1) is 20.0. The Morgan fingerprint density at radius 1 is 1.17 bits per heavy atom. The summed E-state index contributed by atoms with van der Waals surface area (Å²) in [4.78, 5) is 48.2. The van der Waals surface area contributed by atoms with Crippen molar-refractivity contribution in [3.63, 3.8) is 0 Å². The Morgan fingerprint density at radius 2 is 1.88 bits per heavy atom. The largest absolute Gasteiger partial charge is 0.476 e. The van der Waals surface area contributed by atoms with Crippen LogP contribution in [-0.4, -0.2) is 90.4 Å². The fourth-order valence-electron chi connectivity index (χ4n) is 5.34. The molecule has 4 rings (SSSR count). The average Bonchev–Trinajstić information content (AvgIpc) is 3.62. The van der Waals surface area contributed by atoms with Crippen molar-refractivity contribution in [2.45, 2.75) is 69.5 Å². The van der Waals surface area contributed by atoms with Gasteiger partial charge in [-0.25, -0.2) is 4.99 Å². The van der Waals surface area contributed by atoms with Crippen LogP contribution in [0, 0.1) is 0 Å². The number of aliphatic imine (C=N–C) groups is 1. The first-order valence-electron chi connectivity index (χ1n) is 14.2. The van der Waals surface area contributed by atoms with Gasteiger partial charge in [0.2, 0.25) is 17.7 Å². The molecule has 3 amide bonds. The molecule has 0 saturated carbocycles. The van der Waals surface area contributed by atoms with E-state index in [0.29, 0.717) is 30.3 Å². The van der Waals surface area contributed by atoms with Gasteiger partial charge in [0.15, 0.2) is 5.54 Å². The molecule has 1 fully saturated rings. The molecule has 0 aromatic heterocycles. The number of likely N-dealkylation sites (tertiary alicyclic amines) is 1. The first-order valence-corrected chi connectivity index (χ1v) is 14.6. The number of ether oxygens (including phenoxy) is 2. The van der Waals surface area contributed by atoms with Crippen LogP contribution in [0.2, 0.25) is 5.02 Å². The number of amides is 3. The molecule has 11 heteroatoms. The lowest BCUT2D eigenvalue weighted by Crippen LogP contribution is -2.58. The SMILES string of the molecule is CC(OCc1ccccc1)[C@H](NC(=O)[C@H](C)N)C(=O)N1CCCC1C1=N[C@@](Cc2cccc(Cl)c2)(C(=O)N(C)C)CO1. The first kappa shape index (κ1) is 31.5. The molecule has 3 N–H and O–H groups in total. The van der Waals surface area contributed by atoms with E-state index in [9.17, 15) is 14.4 Å². The number of nitrogens with zero attached hydrogens (tertiary/aromatic N) is 3. The van der Waals surface area contributed by atoms with Crippen molar-refractivity contribution in [3.8, 4) is 0 Å². The highest BCUT2D eigenvalue weighted by Gasteiger charge is 2.49. The van der Waals surface area contributed by atoms with Gasteiger partial charge in [0.1, 0.15) is 18.7 Å². The smallest absolute Gasteiger partial charge is 0.254 e. The molecular weight excluding hydrogens is 558 g/mol. The lowest BCUT2D eigenvalue weighted by Gasteiger charge is -2.32. The zero-order chi connectivity index (χ0) is 30.4. The van der Waals surface area contributed by atoms with Crippen molar-refractivity contribution in [1.29, 1.82) is 0 Å². The van der Waals surface area contributed by atoms with Gasteiger partial charge in [0, 0.05) is 32.1 Å². The molecule has 42 heavy (non-hydrogen) atoms. The van der Waals surface area contributed by atoms with E-state index >= 15 is 0 Å². The molecule has 2 aliphatic rings. The van der Waals surface area contributed by atoms with E-state index in [1.54, 1.807) is 38.9 Å². The second-order valence-corrected chi connectivity index (χ2v) is 11.7. The van der Waals surface area contributed by atoms with E-state index in [4.69, 9.17) is 31.8 Å². The zero-order valence-corrected chi connectivity index (χ0v) is 25.3. The minimum atomic E-state index is -1.19. The number of hydrogen-bond acceptors (Lipinski definition) is 7. The third-order valence-electron chi connectivity index (χ3n) is 7.60. The predicted molar refractivity (Wildman–Crippen MR) is 161 cm³/mol. The molecule has 2 heterocycles. The number of nitrogens with one attached hydrogen (secondary N) is 1. The Labute approximate surface area is 252 Å². The molecule has 5 atom stereocenters. The average molecular weight is 598 g/mol. The minimum Gasteiger partial charge on any atom is -0.476 e. The molecule has 2 aromatic rings. The van der Waals surface area contributed by atoms with E-state index in [2.05, 4.69) is 5.32 Å². The van der Waals surface area contributed by atoms with Crippen LogP contribution in [0.1, 0.15) is 37.8 Å². The highest BCUT2D eigenvalue weighted by molar-refractivity contribution is 6.30. The van der Waals surface area contributed by atoms with Crippen molar-refractivity contribution >= 4 is 35.2 Å². The second kappa shape index (κ2) is 13.7. The molecule has 226 valence electrons. The maximum atomic E-state index is 14.0. The molecule has 1 saturated heterocycles. The fourth-order valence-corrected chi connectivity index (χ4v) is 5.56. The number of rotatable bonds is 11. The van der Waals surface area contributed by atoms with Gasteiger partial charge in [-0.1, -0.05) is 54.1 Å². The van der Waals surface area contributed by atoms with Crippen LogP contribution in [0.3, 0.4) is 0 Å². The Hall–Kier alpha value is -3.47. The third-order valence-corrected chi connectivity index (χ3v) is 7.83. The molecule has 0 radical (unpaired) electrons. The number of nitrogens with two attached hydrogens (primary N) is 1. The van der Waals surface area contributed by atoms with Gasteiger partial charge >= 0.3 is 0 Å². The predicted octanol–water partition coefficient (Wildman–Crippen LogP) is 2.57. The third kappa shape index (κ3) is 7.29. The Kier molecular flexibility index (Phi) is 10.2.